The number of urea groups is 1. The highest BCUT2D eigenvalue weighted by atomic mass is 16.5. The lowest BCUT2D eigenvalue weighted by atomic mass is 10.1. The molecular formula is C29H32N6O4. The van der Waals surface area contributed by atoms with Crippen molar-refractivity contribution in [2.45, 2.75) is 0 Å². The van der Waals surface area contributed by atoms with Crippen LogP contribution in [0.25, 0.3) is 0 Å². The van der Waals surface area contributed by atoms with Crippen LogP contribution in [-0.4, -0.2) is 65.5 Å². The summed E-state index contributed by atoms with van der Waals surface area (Å²) in [4.78, 5) is 30.2. The number of nitrogens with one attached hydrogen (secondary N) is 3. The number of nitriles is 1. The monoisotopic (exact) mass is 528 g/mol. The number of nitrogens with zero attached hydrogens (tertiary/aromatic N) is 3. The van der Waals surface area contributed by atoms with Crippen molar-refractivity contribution in [2.75, 3.05) is 74.0 Å². The van der Waals surface area contributed by atoms with E-state index in [-0.39, 0.29) is 5.91 Å². The third-order valence-electron chi connectivity index (χ3n) is 6.41. The zero-order chi connectivity index (χ0) is 27.6. The maximum atomic E-state index is 13.2. The van der Waals surface area contributed by atoms with Crippen molar-refractivity contribution in [3.63, 3.8) is 0 Å². The Morgan fingerprint density at radius 1 is 0.872 bits per heavy atom. The lowest BCUT2D eigenvalue weighted by Gasteiger charge is -2.38. The number of para-hydroxylation sites is 2. The van der Waals surface area contributed by atoms with Crippen molar-refractivity contribution < 1.29 is 19.1 Å². The van der Waals surface area contributed by atoms with Gasteiger partial charge in [0, 0.05) is 56.9 Å². The molecule has 0 unspecified atom stereocenters. The van der Waals surface area contributed by atoms with Gasteiger partial charge in [0.15, 0.2) is 0 Å². The fraction of sp³-hybridized carbons (Fsp3) is 0.276. The van der Waals surface area contributed by atoms with E-state index < -0.39 is 6.03 Å². The first-order chi connectivity index (χ1) is 19.0. The van der Waals surface area contributed by atoms with E-state index in [1.54, 1.807) is 50.6 Å². The molecular weight excluding hydrogens is 496 g/mol. The van der Waals surface area contributed by atoms with E-state index in [0.717, 1.165) is 30.2 Å². The van der Waals surface area contributed by atoms with Crippen molar-refractivity contribution in [1.82, 2.24) is 5.32 Å². The second-order valence-electron chi connectivity index (χ2n) is 8.89. The Hall–Kier alpha value is -4.75. The molecule has 1 fully saturated rings. The highest BCUT2D eigenvalue weighted by molar-refractivity contribution is 6.04. The van der Waals surface area contributed by atoms with Gasteiger partial charge >= 0.3 is 6.03 Å². The lowest BCUT2D eigenvalue weighted by molar-refractivity contribution is 0.0937. The number of carbonyl (C=O) groups excluding carboxylic acids is 2. The Labute approximate surface area is 228 Å². The minimum absolute atomic E-state index is 0.245. The summed E-state index contributed by atoms with van der Waals surface area (Å²) in [5, 5.41) is 17.4. The maximum absolute atomic E-state index is 13.2. The number of amides is 3. The van der Waals surface area contributed by atoms with Gasteiger partial charge in [-0.05, 0) is 54.6 Å². The van der Waals surface area contributed by atoms with Crippen LogP contribution in [0.5, 0.6) is 5.75 Å². The average Bonchev–Trinajstić information content (AvgIpc) is 2.97. The molecule has 1 aliphatic rings. The van der Waals surface area contributed by atoms with Gasteiger partial charge in [-0.25, -0.2) is 4.79 Å². The smallest absolute Gasteiger partial charge is 0.323 e. The largest absolute Gasteiger partial charge is 0.495 e. The summed E-state index contributed by atoms with van der Waals surface area (Å²) in [6, 6.07) is 21.4. The summed E-state index contributed by atoms with van der Waals surface area (Å²) in [6.07, 6.45) is 0. The Bertz CT molecular complexity index is 1330. The summed E-state index contributed by atoms with van der Waals surface area (Å²) in [6.45, 7) is 3.71. The van der Waals surface area contributed by atoms with Crippen LogP contribution in [0.2, 0.25) is 0 Å². The first-order valence-corrected chi connectivity index (χ1v) is 12.6. The zero-order valence-corrected chi connectivity index (χ0v) is 22.1. The van der Waals surface area contributed by atoms with Crippen LogP contribution in [-0.2, 0) is 4.74 Å². The highest BCUT2D eigenvalue weighted by Gasteiger charge is 2.24. The van der Waals surface area contributed by atoms with Crippen molar-refractivity contribution in [3.05, 3.63) is 77.9 Å². The molecule has 1 saturated heterocycles. The third kappa shape index (κ3) is 6.97. The van der Waals surface area contributed by atoms with E-state index in [4.69, 9.17) is 14.7 Å². The molecule has 39 heavy (non-hydrogen) atoms. The number of ether oxygens (including phenoxy) is 2. The van der Waals surface area contributed by atoms with Crippen LogP contribution < -0.4 is 30.5 Å². The van der Waals surface area contributed by atoms with Crippen molar-refractivity contribution in [3.8, 4) is 11.8 Å². The highest BCUT2D eigenvalue weighted by Crippen LogP contribution is 2.31. The van der Waals surface area contributed by atoms with Crippen LogP contribution >= 0.6 is 0 Å². The van der Waals surface area contributed by atoms with Gasteiger partial charge in [-0.15, -0.1) is 0 Å². The van der Waals surface area contributed by atoms with Gasteiger partial charge in [0.2, 0.25) is 0 Å². The molecule has 3 aromatic carbocycles. The number of benzene rings is 3. The molecule has 1 aliphatic heterocycles. The SMILES string of the molecule is COCCNC(=O)c1cc(NC(=O)Nc2ccc(C#N)cc2)ccc1N1CCN(c2ccccc2OC)CC1. The van der Waals surface area contributed by atoms with Gasteiger partial charge < -0.3 is 35.2 Å². The van der Waals surface area contributed by atoms with Crippen LogP contribution in [0.4, 0.5) is 27.5 Å². The predicted molar refractivity (Wildman–Crippen MR) is 152 cm³/mol. The summed E-state index contributed by atoms with van der Waals surface area (Å²) in [5.41, 5.74) is 3.84. The molecule has 0 atom stereocenters. The van der Waals surface area contributed by atoms with E-state index in [9.17, 15) is 9.59 Å². The number of rotatable bonds is 9. The molecule has 3 aromatic rings. The minimum Gasteiger partial charge on any atom is -0.495 e. The summed E-state index contributed by atoms with van der Waals surface area (Å²) in [7, 11) is 3.25. The summed E-state index contributed by atoms with van der Waals surface area (Å²) in [5.74, 6) is 0.587. The van der Waals surface area contributed by atoms with Crippen molar-refractivity contribution in [2.24, 2.45) is 0 Å². The molecule has 0 saturated carbocycles. The molecule has 0 spiro atoms. The minimum atomic E-state index is -0.455. The zero-order valence-electron chi connectivity index (χ0n) is 22.1. The number of anilines is 4. The molecule has 3 amide bonds. The number of carbonyl (C=O) groups is 2. The Morgan fingerprint density at radius 3 is 2.18 bits per heavy atom. The number of piperazine rings is 1. The van der Waals surface area contributed by atoms with E-state index >= 15 is 0 Å². The maximum Gasteiger partial charge on any atom is 0.323 e. The van der Waals surface area contributed by atoms with Crippen LogP contribution in [0, 0.1) is 11.3 Å². The van der Waals surface area contributed by atoms with Crippen molar-refractivity contribution in [1.29, 1.82) is 5.26 Å². The van der Waals surface area contributed by atoms with Gasteiger partial charge in [-0.2, -0.15) is 5.26 Å². The first kappa shape index (κ1) is 27.3. The third-order valence-corrected chi connectivity index (χ3v) is 6.41. The fourth-order valence-corrected chi connectivity index (χ4v) is 4.43. The summed E-state index contributed by atoms with van der Waals surface area (Å²) >= 11 is 0. The van der Waals surface area contributed by atoms with E-state index in [1.807, 2.05) is 36.4 Å². The van der Waals surface area contributed by atoms with Gasteiger partial charge in [0.05, 0.1) is 36.6 Å². The van der Waals surface area contributed by atoms with Crippen molar-refractivity contribution >= 4 is 34.7 Å². The van der Waals surface area contributed by atoms with Crippen LogP contribution in [0.1, 0.15) is 15.9 Å². The molecule has 4 rings (SSSR count). The molecule has 202 valence electrons. The lowest BCUT2D eigenvalue weighted by Crippen LogP contribution is -2.47. The standard InChI is InChI=1S/C29H32N6O4/c1-38-18-13-31-28(36)24-19-23(33-29(37)32-22-9-7-21(20-30)8-10-22)11-12-25(24)34-14-16-35(17-15-34)26-5-3-4-6-27(26)39-2/h3-12,19H,13-18H2,1-2H3,(H,31,36)(H2,32,33,37). The Kier molecular flexibility index (Phi) is 9.21. The predicted octanol–water partition coefficient (Wildman–Crippen LogP) is 3.91. The molecule has 0 aromatic heterocycles. The van der Waals surface area contributed by atoms with Crippen LogP contribution in [0.3, 0.4) is 0 Å². The van der Waals surface area contributed by atoms with Crippen LogP contribution in [0.15, 0.2) is 66.7 Å². The normalized spacial score (nSPS) is 12.8. The fourth-order valence-electron chi connectivity index (χ4n) is 4.43. The number of hydrogen-bond donors (Lipinski definition) is 3. The van der Waals surface area contributed by atoms with E-state index in [2.05, 4.69) is 25.8 Å². The first-order valence-electron chi connectivity index (χ1n) is 12.6. The Morgan fingerprint density at radius 2 is 1.51 bits per heavy atom. The molecule has 0 aliphatic carbocycles. The molecule has 0 bridgehead atoms. The topological polar surface area (TPSA) is 119 Å². The molecule has 10 heteroatoms. The second kappa shape index (κ2) is 13.2. The molecule has 1 heterocycles. The average molecular weight is 529 g/mol. The molecule has 0 radical (unpaired) electrons. The van der Waals surface area contributed by atoms with Gasteiger partial charge in [-0.1, -0.05) is 12.1 Å². The Balaban J connectivity index is 1.49. The van der Waals surface area contributed by atoms with Gasteiger partial charge in [0.1, 0.15) is 5.75 Å². The van der Waals surface area contributed by atoms with Gasteiger partial charge in [0.25, 0.3) is 5.91 Å². The second-order valence-corrected chi connectivity index (χ2v) is 8.89. The number of methoxy groups -OCH3 is 2. The number of hydrogen-bond acceptors (Lipinski definition) is 7. The molecule has 3 N–H and O–H groups in total. The van der Waals surface area contributed by atoms with Gasteiger partial charge in [-0.3, -0.25) is 4.79 Å². The quantitative estimate of drug-likeness (QED) is 0.360. The van der Waals surface area contributed by atoms with E-state index in [1.165, 1.54) is 0 Å². The van der Waals surface area contributed by atoms with E-state index in [0.29, 0.717) is 48.7 Å². The summed E-state index contributed by atoms with van der Waals surface area (Å²) < 4.78 is 10.6. The molecule has 10 nitrogen and oxygen atoms in total.